The Kier molecular flexibility index (Phi) is 4.59. The van der Waals surface area contributed by atoms with Gasteiger partial charge in [0.05, 0.1) is 6.54 Å². The average molecular weight is 283 g/mol. The van der Waals surface area contributed by atoms with Gasteiger partial charge < -0.3 is 14.9 Å². The number of carboxylic acid groups (broad SMARTS) is 1. The molecule has 2 aliphatic rings. The molecule has 7 nitrogen and oxygen atoms in total. The van der Waals surface area contributed by atoms with Crippen LogP contribution >= 0.6 is 0 Å². The van der Waals surface area contributed by atoms with Crippen LogP contribution in [-0.4, -0.2) is 82.9 Å². The first-order chi connectivity index (χ1) is 9.49. The van der Waals surface area contributed by atoms with E-state index in [9.17, 15) is 14.4 Å². The van der Waals surface area contributed by atoms with Gasteiger partial charge in [-0.3, -0.25) is 19.3 Å². The molecule has 0 aromatic carbocycles. The van der Waals surface area contributed by atoms with Crippen LogP contribution < -0.4 is 0 Å². The molecule has 112 valence electrons. The third-order valence-electron chi connectivity index (χ3n) is 4.07. The van der Waals surface area contributed by atoms with E-state index >= 15 is 0 Å². The Morgan fingerprint density at radius 2 is 1.85 bits per heavy atom. The highest BCUT2D eigenvalue weighted by atomic mass is 16.4. The van der Waals surface area contributed by atoms with Crippen LogP contribution in [0.15, 0.2) is 0 Å². The molecule has 2 heterocycles. The molecule has 20 heavy (non-hydrogen) atoms. The minimum Gasteiger partial charge on any atom is -0.480 e. The summed E-state index contributed by atoms with van der Waals surface area (Å²) in [5.41, 5.74) is 0. The van der Waals surface area contributed by atoms with Gasteiger partial charge >= 0.3 is 5.97 Å². The van der Waals surface area contributed by atoms with Gasteiger partial charge in [-0.15, -0.1) is 0 Å². The smallest absolute Gasteiger partial charge is 0.320 e. The van der Waals surface area contributed by atoms with Gasteiger partial charge in [-0.05, 0) is 13.3 Å². The fourth-order valence-electron chi connectivity index (χ4n) is 2.65. The molecule has 0 saturated carbocycles. The van der Waals surface area contributed by atoms with Gasteiger partial charge in [0.1, 0.15) is 6.04 Å². The van der Waals surface area contributed by atoms with Crippen LogP contribution in [0.5, 0.6) is 0 Å². The van der Waals surface area contributed by atoms with Gasteiger partial charge in [0.25, 0.3) is 0 Å². The van der Waals surface area contributed by atoms with Crippen molar-refractivity contribution < 1.29 is 19.5 Å². The molecule has 2 aliphatic heterocycles. The molecule has 0 radical (unpaired) electrons. The molecule has 0 spiro atoms. The fourth-order valence-corrected chi connectivity index (χ4v) is 2.65. The molecule has 0 bridgehead atoms. The van der Waals surface area contributed by atoms with E-state index in [1.807, 2.05) is 4.90 Å². The van der Waals surface area contributed by atoms with Crippen LogP contribution in [0.4, 0.5) is 0 Å². The van der Waals surface area contributed by atoms with E-state index < -0.39 is 12.0 Å². The lowest BCUT2D eigenvalue weighted by Gasteiger charge is -2.37. The maximum Gasteiger partial charge on any atom is 0.320 e. The van der Waals surface area contributed by atoms with E-state index in [-0.39, 0.29) is 18.4 Å². The summed E-state index contributed by atoms with van der Waals surface area (Å²) in [6, 6.07) is -0.521. The van der Waals surface area contributed by atoms with E-state index in [4.69, 9.17) is 5.11 Å². The second kappa shape index (κ2) is 6.21. The number of hydrogen-bond donors (Lipinski definition) is 1. The van der Waals surface area contributed by atoms with Gasteiger partial charge in [-0.2, -0.15) is 0 Å². The lowest BCUT2D eigenvalue weighted by atomic mass is 10.2. The number of carbonyl (C=O) groups is 3. The van der Waals surface area contributed by atoms with Gasteiger partial charge in [-0.1, -0.05) is 0 Å². The predicted octanol–water partition coefficient (Wildman–Crippen LogP) is -0.774. The van der Waals surface area contributed by atoms with Gasteiger partial charge in [0, 0.05) is 39.1 Å². The Labute approximate surface area is 118 Å². The summed E-state index contributed by atoms with van der Waals surface area (Å²) in [6.45, 7) is 4.66. The summed E-state index contributed by atoms with van der Waals surface area (Å²) in [5, 5.41) is 8.96. The first kappa shape index (κ1) is 14.8. The van der Waals surface area contributed by atoms with Crippen LogP contribution in [0.25, 0.3) is 0 Å². The number of carboxylic acids is 1. The highest BCUT2D eigenvalue weighted by Crippen LogP contribution is 2.11. The highest BCUT2D eigenvalue weighted by Gasteiger charge is 2.29. The SMILES string of the molecule is CC(C(=O)O)N1CCN(C(=O)CN2CCCC2=O)CC1. The van der Waals surface area contributed by atoms with Crippen molar-refractivity contribution in [2.45, 2.75) is 25.8 Å². The lowest BCUT2D eigenvalue weighted by molar-refractivity contribution is -0.145. The quantitative estimate of drug-likeness (QED) is 0.732. The molecular formula is C13H21N3O4. The van der Waals surface area contributed by atoms with Crippen molar-refractivity contribution in [1.82, 2.24) is 14.7 Å². The zero-order chi connectivity index (χ0) is 14.7. The maximum atomic E-state index is 12.1. The predicted molar refractivity (Wildman–Crippen MR) is 71.1 cm³/mol. The maximum absolute atomic E-state index is 12.1. The molecule has 1 unspecified atom stereocenters. The summed E-state index contributed by atoms with van der Waals surface area (Å²) in [4.78, 5) is 39.7. The second-order valence-electron chi connectivity index (χ2n) is 5.35. The van der Waals surface area contributed by atoms with Crippen LogP contribution in [0, 0.1) is 0 Å². The van der Waals surface area contributed by atoms with E-state index in [2.05, 4.69) is 0 Å². The van der Waals surface area contributed by atoms with Crippen molar-refractivity contribution >= 4 is 17.8 Å². The monoisotopic (exact) mass is 283 g/mol. The van der Waals surface area contributed by atoms with Crippen molar-refractivity contribution in [2.75, 3.05) is 39.3 Å². The normalized spacial score (nSPS) is 22.1. The topological polar surface area (TPSA) is 81.2 Å². The Morgan fingerprint density at radius 3 is 2.35 bits per heavy atom. The third-order valence-corrected chi connectivity index (χ3v) is 4.07. The summed E-state index contributed by atoms with van der Waals surface area (Å²) in [7, 11) is 0. The van der Waals surface area contributed by atoms with Crippen molar-refractivity contribution in [3.8, 4) is 0 Å². The minimum atomic E-state index is -0.840. The zero-order valence-corrected chi connectivity index (χ0v) is 11.7. The largest absolute Gasteiger partial charge is 0.480 e. The molecule has 0 aliphatic carbocycles. The minimum absolute atomic E-state index is 0.0390. The van der Waals surface area contributed by atoms with Crippen molar-refractivity contribution in [2.24, 2.45) is 0 Å². The molecule has 2 saturated heterocycles. The molecule has 1 atom stereocenters. The van der Waals surface area contributed by atoms with Gasteiger partial charge in [0.15, 0.2) is 0 Å². The van der Waals surface area contributed by atoms with Crippen LogP contribution in [-0.2, 0) is 14.4 Å². The Bertz CT molecular complexity index is 404. The number of carbonyl (C=O) groups excluding carboxylic acids is 2. The summed E-state index contributed by atoms with van der Waals surface area (Å²) < 4.78 is 0. The molecule has 1 N–H and O–H groups in total. The Morgan fingerprint density at radius 1 is 1.20 bits per heavy atom. The van der Waals surface area contributed by atoms with Crippen LogP contribution in [0.1, 0.15) is 19.8 Å². The summed E-state index contributed by atoms with van der Waals surface area (Å²) >= 11 is 0. The highest BCUT2D eigenvalue weighted by molar-refractivity contribution is 5.86. The van der Waals surface area contributed by atoms with E-state index in [1.165, 1.54) is 0 Å². The first-order valence-corrected chi connectivity index (χ1v) is 7.01. The number of nitrogens with zero attached hydrogens (tertiary/aromatic N) is 3. The molecular weight excluding hydrogens is 262 g/mol. The molecule has 0 aromatic rings. The molecule has 0 aromatic heterocycles. The van der Waals surface area contributed by atoms with Gasteiger partial charge in [-0.25, -0.2) is 0 Å². The lowest BCUT2D eigenvalue weighted by Crippen LogP contribution is -2.54. The number of rotatable bonds is 4. The molecule has 2 rings (SSSR count). The molecule has 2 fully saturated rings. The average Bonchev–Trinajstić information content (AvgIpc) is 2.83. The fraction of sp³-hybridized carbons (Fsp3) is 0.769. The Balaban J connectivity index is 1.80. The van der Waals surface area contributed by atoms with Gasteiger partial charge in [0.2, 0.25) is 11.8 Å². The molecule has 2 amide bonds. The van der Waals surface area contributed by atoms with Crippen molar-refractivity contribution in [3.63, 3.8) is 0 Å². The van der Waals surface area contributed by atoms with E-state index in [0.717, 1.165) is 6.42 Å². The molecule has 7 heteroatoms. The van der Waals surface area contributed by atoms with E-state index in [0.29, 0.717) is 39.1 Å². The number of amides is 2. The van der Waals surface area contributed by atoms with Crippen molar-refractivity contribution in [3.05, 3.63) is 0 Å². The second-order valence-corrected chi connectivity index (χ2v) is 5.35. The van der Waals surface area contributed by atoms with E-state index in [1.54, 1.807) is 16.7 Å². The number of aliphatic carboxylic acids is 1. The number of piperazine rings is 1. The van der Waals surface area contributed by atoms with Crippen LogP contribution in [0.3, 0.4) is 0 Å². The van der Waals surface area contributed by atoms with Crippen LogP contribution in [0.2, 0.25) is 0 Å². The van der Waals surface area contributed by atoms with Crippen molar-refractivity contribution in [1.29, 1.82) is 0 Å². The summed E-state index contributed by atoms with van der Waals surface area (Å²) in [5.74, 6) is -0.827. The number of hydrogen-bond acceptors (Lipinski definition) is 4. The first-order valence-electron chi connectivity index (χ1n) is 7.01. The standard InChI is InChI=1S/C13H21N3O4/c1-10(13(19)20)14-5-7-15(8-6-14)12(18)9-16-4-2-3-11(16)17/h10H,2-9H2,1H3,(H,19,20). The third kappa shape index (κ3) is 3.27. The Hall–Kier alpha value is -1.63. The zero-order valence-electron chi connectivity index (χ0n) is 11.7. The summed E-state index contributed by atoms with van der Waals surface area (Å²) in [6.07, 6.45) is 1.37. The number of likely N-dealkylation sites (tertiary alicyclic amines) is 1.